The van der Waals surface area contributed by atoms with Gasteiger partial charge in [0.15, 0.2) is 5.16 Å². The monoisotopic (exact) mass is 488 g/mol. The van der Waals surface area contributed by atoms with Gasteiger partial charge in [-0.3, -0.25) is 4.79 Å². The minimum absolute atomic E-state index is 0.151. The molecule has 170 valence electrons. The van der Waals surface area contributed by atoms with Gasteiger partial charge in [-0.25, -0.2) is 15.0 Å². The number of fused-ring (bicyclic) bond motifs is 5. The second kappa shape index (κ2) is 9.83. The van der Waals surface area contributed by atoms with Gasteiger partial charge in [-0.2, -0.15) is 0 Å². The molecule has 0 unspecified atom stereocenters. The van der Waals surface area contributed by atoms with Gasteiger partial charge in [-0.05, 0) is 49.5 Å². The van der Waals surface area contributed by atoms with Gasteiger partial charge < -0.3 is 9.64 Å². The van der Waals surface area contributed by atoms with Crippen LogP contribution < -0.4 is 0 Å². The van der Waals surface area contributed by atoms with E-state index in [0.29, 0.717) is 32.1 Å². The fourth-order valence-corrected chi connectivity index (χ4v) is 7.17. The first-order valence-corrected chi connectivity index (χ1v) is 14.4. The average molecular weight is 489 g/mol. The summed E-state index contributed by atoms with van der Waals surface area (Å²) in [5.41, 5.74) is 5.23. The van der Waals surface area contributed by atoms with E-state index in [9.17, 15) is 4.79 Å². The summed E-state index contributed by atoms with van der Waals surface area (Å²) < 4.78 is 6.45. The number of hydrogen-bond donors (Lipinski definition) is 0. The van der Waals surface area contributed by atoms with Gasteiger partial charge in [0.25, 0.3) is 0 Å². The van der Waals surface area contributed by atoms with Crippen molar-refractivity contribution in [2.24, 2.45) is 0 Å². The minimum atomic E-state index is 0.151. The van der Waals surface area contributed by atoms with E-state index in [2.05, 4.69) is 6.92 Å². The number of amides is 1. The maximum Gasteiger partial charge on any atom is 0.233 e. The Bertz CT molecular complexity index is 1160. The summed E-state index contributed by atoms with van der Waals surface area (Å²) in [7, 11) is 0. The number of carbonyl (C=O) groups is 1. The Kier molecular flexibility index (Phi) is 6.87. The molecule has 1 aliphatic heterocycles. The first-order valence-electron chi connectivity index (χ1n) is 11.4. The van der Waals surface area contributed by atoms with Crippen LogP contribution in [0.4, 0.5) is 0 Å². The molecule has 0 bridgehead atoms. The summed E-state index contributed by atoms with van der Waals surface area (Å²) in [4.78, 5) is 30.6. The number of rotatable bonds is 7. The highest BCUT2D eigenvalue weighted by atomic mass is 32.2. The van der Waals surface area contributed by atoms with E-state index in [1.54, 1.807) is 23.1 Å². The minimum Gasteiger partial charge on any atom is -0.378 e. The lowest BCUT2D eigenvalue weighted by Gasteiger charge is -2.26. The number of unbranched alkanes of at least 4 members (excludes halogenated alkanes) is 1. The molecule has 0 N–H and O–H groups in total. The highest BCUT2D eigenvalue weighted by Crippen LogP contribution is 2.43. The lowest BCUT2D eigenvalue weighted by atomic mass is 10.0. The fraction of sp³-hybridized carbons (Fsp3) is 0.565. The van der Waals surface area contributed by atoms with Crippen LogP contribution in [0.25, 0.3) is 20.4 Å². The molecular formula is C23H28N4O2S3. The topological polar surface area (TPSA) is 68.2 Å². The van der Waals surface area contributed by atoms with Crippen LogP contribution in [0, 0.1) is 0 Å². The van der Waals surface area contributed by atoms with E-state index >= 15 is 0 Å². The number of nitrogens with zero attached hydrogens (tertiary/aromatic N) is 4. The largest absolute Gasteiger partial charge is 0.378 e. The molecule has 3 aromatic heterocycles. The van der Waals surface area contributed by atoms with E-state index in [4.69, 9.17) is 19.7 Å². The standard InChI is InChI=1S/C23H28N4O2S3/c1-3-4-8-16-14-6-5-7-15(14)18-19-20(32-21(18)24-16)22(26-23(25-19)30-2)31-13-17(28)27-9-11-29-12-10-27/h3-13H2,1-2H3. The molecule has 0 aromatic carbocycles. The first kappa shape index (κ1) is 22.4. The van der Waals surface area contributed by atoms with E-state index in [1.165, 1.54) is 53.2 Å². The van der Waals surface area contributed by atoms with Crippen molar-refractivity contribution in [3.63, 3.8) is 0 Å². The van der Waals surface area contributed by atoms with Crippen molar-refractivity contribution in [1.29, 1.82) is 0 Å². The summed E-state index contributed by atoms with van der Waals surface area (Å²) in [6.45, 7) is 4.83. The van der Waals surface area contributed by atoms with Crippen LogP contribution in [0.1, 0.15) is 43.0 Å². The molecule has 0 radical (unpaired) electrons. The molecule has 1 amide bonds. The zero-order chi connectivity index (χ0) is 22.1. The Labute approximate surface area is 200 Å². The number of hydrogen-bond acceptors (Lipinski definition) is 8. The van der Waals surface area contributed by atoms with Crippen molar-refractivity contribution in [3.05, 3.63) is 16.8 Å². The quantitative estimate of drug-likeness (QED) is 0.270. The molecule has 1 aliphatic carbocycles. The van der Waals surface area contributed by atoms with Gasteiger partial charge in [-0.15, -0.1) is 11.3 Å². The van der Waals surface area contributed by atoms with Gasteiger partial charge in [0.1, 0.15) is 9.86 Å². The van der Waals surface area contributed by atoms with E-state index in [-0.39, 0.29) is 5.91 Å². The number of morpholine rings is 1. The van der Waals surface area contributed by atoms with E-state index < -0.39 is 0 Å². The third kappa shape index (κ3) is 4.24. The van der Waals surface area contributed by atoms with Crippen molar-refractivity contribution < 1.29 is 9.53 Å². The molecule has 0 saturated carbocycles. The molecule has 0 atom stereocenters. The Hall–Kier alpha value is -1.42. The summed E-state index contributed by atoms with van der Waals surface area (Å²) >= 11 is 4.79. The molecule has 6 nitrogen and oxygen atoms in total. The third-order valence-corrected chi connectivity index (χ3v) is 8.93. The van der Waals surface area contributed by atoms with Crippen LogP contribution in [-0.4, -0.2) is 64.1 Å². The van der Waals surface area contributed by atoms with Gasteiger partial charge in [0.05, 0.1) is 29.2 Å². The second-order valence-corrected chi connectivity index (χ2v) is 11.0. The lowest BCUT2D eigenvalue weighted by molar-refractivity contribution is -0.132. The Morgan fingerprint density at radius 3 is 2.75 bits per heavy atom. The molecule has 0 spiro atoms. The zero-order valence-corrected chi connectivity index (χ0v) is 21.1. The zero-order valence-electron chi connectivity index (χ0n) is 18.6. The summed E-state index contributed by atoms with van der Waals surface area (Å²) in [6, 6.07) is 0. The maximum absolute atomic E-state index is 12.7. The number of ether oxygens (including phenoxy) is 1. The SMILES string of the molecule is CCCCc1nc2sc3c(SCC(=O)N4CCOCC4)nc(SC)nc3c2c2c1CCC2. The number of thiophene rings is 1. The summed E-state index contributed by atoms with van der Waals surface area (Å²) in [5.74, 6) is 0.541. The number of thioether (sulfide) groups is 2. The van der Waals surface area contributed by atoms with E-state index in [0.717, 1.165) is 44.5 Å². The summed E-state index contributed by atoms with van der Waals surface area (Å²) in [5, 5.41) is 2.91. The van der Waals surface area contributed by atoms with Crippen LogP contribution >= 0.6 is 34.9 Å². The number of carbonyl (C=O) groups excluding carboxylic acids is 1. The predicted molar refractivity (Wildman–Crippen MR) is 133 cm³/mol. The normalized spacial score (nSPS) is 16.2. The lowest BCUT2D eigenvalue weighted by Crippen LogP contribution is -2.41. The van der Waals surface area contributed by atoms with Crippen LogP contribution in [0.3, 0.4) is 0 Å². The fourth-order valence-electron chi connectivity index (χ4n) is 4.57. The van der Waals surface area contributed by atoms with Gasteiger partial charge in [0, 0.05) is 24.2 Å². The molecule has 1 saturated heterocycles. The molecule has 9 heteroatoms. The van der Waals surface area contributed by atoms with E-state index in [1.807, 2.05) is 11.2 Å². The predicted octanol–water partition coefficient (Wildman–Crippen LogP) is 4.74. The molecule has 5 rings (SSSR count). The van der Waals surface area contributed by atoms with Crippen LogP contribution in [0.15, 0.2) is 10.2 Å². The highest BCUT2D eigenvalue weighted by Gasteiger charge is 2.25. The molecule has 2 aliphatic rings. The first-order chi connectivity index (χ1) is 15.7. The van der Waals surface area contributed by atoms with Gasteiger partial charge in [0.2, 0.25) is 5.91 Å². The maximum atomic E-state index is 12.7. The Balaban J connectivity index is 1.54. The van der Waals surface area contributed by atoms with Crippen molar-refractivity contribution in [2.45, 2.75) is 55.6 Å². The summed E-state index contributed by atoms with van der Waals surface area (Å²) in [6.07, 6.45) is 8.86. The van der Waals surface area contributed by atoms with Crippen molar-refractivity contribution in [3.8, 4) is 0 Å². The Morgan fingerprint density at radius 2 is 1.97 bits per heavy atom. The number of aromatic nitrogens is 3. The van der Waals surface area contributed by atoms with Crippen molar-refractivity contribution in [2.75, 3.05) is 38.3 Å². The van der Waals surface area contributed by atoms with Gasteiger partial charge in [-0.1, -0.05) is 36.9 Å². The highest BCUT2D eigenvalue weighted by molar-refractivity contribution is 8.00. The number of aryl methyl sites for hydroxylation is 2. The van der Waals surface area contributed by atoms with Crippen LogP contribution in [-0.2, 0) is 28.8 Å². The van der Waals surface area contributed by atoms with Crippen molar-refractivity contribution in [1.82, 2.24) is 19.9 Å². The molecule has 3 aromatic rings. The van der Waals surface area contributed by atoms with Gasteiger partial charge >= 0.3 is 0 Å². The number of pyridine rings is 1. The molecule has 4 heterocycles. The molecule has 1 fully saturated rings. The second-order valence-electron chi connectivity index (χ2n) is 8.23. The van der Waals surface area contributed by atoms with Crippen molar-refractivity contribution >= 4 is 61.2 Å². The average Bonchev–Trinajstić information content (AvgIpc) is 3.45. The third-order valence-electron chi connectivity index (χ3n) is 6.21. The Morgan fingerprint density at radius 1 is 1.16 bits per heavy atom. The molecular weight excluding hydrogens is 460 g/mol. The van der Waals surface area contributed by atoms with Crippen LogP contribution in [0.2, 0.25) is 0 Å². The smallest absolute Gasteiger partial charge is 0.233 e. The molecule has 32 heavy (non-hydrogen) atoms. The van der Waals surface area contributed by atoms with Crippen LogP contribution in [0.5, 0.6) is 0 Å².